The summed E-state index contributed by atoms with van der Waals surface area (Å²) in [6.45, 7) is 8.48. The Bertz CT molecular complexity index is 426. The van der Waals surface area contributed by atoms with E-state index in [4.69, 9.17) is 4.74 Å². The van der Waals surface area contributed by atoms with Crippen molar-refractivity contribution < 1.29 is 9.53 Å². The number of carbonyl (C=O) groups is 1. The molecule has 0 fully saturated rings. The van der Waals surface area contributed by atoms with Gasteiger partial charge in [-0.15, -0.1) is 6.58 Å². The van der Waals surface area contributed by atoms with Crippen molar-refractivity contribution in [2.45, 2.75) is 44.3 Å². The van der Waals surface area contributed by atoms with Gasteiger partial charge < -0.3 is 4.74 Å². The summed E-state index contributed by atoms with van der Waals surface area (Å²) in [5.74, 6) is -0.0925. The van der Waals surface area contributed by atoms with Crippen LogP contribution in [-0.2, 0) is 9.53 Å². The minimum absolute atomic E-state index is 0.0925. The summed E-state index contributed by atoms with van der Waals surface area (Å²) < 4.78 is 4.88. The molecule has 0 aliphatic heterocycles. The number of benzene rings is 1. The van der Waals surface area contributed by atoms with E-state index in [9.17, 15) is 4.79 Å². The van der Waals surface area contributed by atoms with Crippen LogP contribution >= 0.6 is 0 Å². The van der Waals surface area contributed by atoms with Crippen molar-refractivity contribution >= 4 is 19.2 Å². The highest BCUT2D eigenvalue weighted by Gasteiger charge is 2.34. The summed E-state index contributed by atoms with van der Waals surface area (Å²) in [4.78, 5) is 11.7. The van der Waals surface area contributed by atoms with Crippen LogP contribution < -0.4 is 5.19 Å². The second-order valence-corrected chi connectivity index (χ2v) is 10.6. The van der Waals surface area contributed by atoms with Gasteiger partial charge in [0.15, 0.2) is 0 Å². The molecule has 2 nitrogen and oxygen atoms in total. The SMILES string of the molecule is C=CCCC[C@@H](CC(=O)OC)[Si](C)(C)c1ccccc1. The molecule has 1 aromatic carbocycles. The lowest BCUT2D eigenvalue weighted by Crippen LogP contribution is -2.46. The minimum Gasteiger partial charge on any atom is -0.469 e. The molecule has 0 amide bonds. The first kappa shape index (κ1) is 16.7. The molecule has 0 radical (unpaired) electrons. The Balaban J connectivity index is 2.89. The number of hydrogen-bond donors (Lipinski definition) is 0. The predicted molar refractivity (Wildman–Crippen MR) is 88.0 cm³/mol. The van der Waals surface area contributed by atoms with E-state index >= 15 is 0 Å². The second-order valence-electron chi connectivity index (χ2n) is 5.78. The van der Waals surface area contributed by atoms with Gasteiger partial charge in [-0.25, -0.2) is 0 Å². The van der Waals surface area contributed by atoms with E-state index in [2.05, 4.69) is 43.9 Å². The van der Waals surface area contributed by atoms with Crippen LogP contribution in [0.25, 0.3) is 0 Å². The summed E-state index contributed by atoms with van der Waals surface area (Å²) in [5, 5.41) is 1.41. The highest BCUT2D eigenvalue weighted by molar-refractivity contribution is 6.91. The number of ether oxygens (including phenoxy) is 1. The van der Waals surface area contributed by atoms with E-state index in [-0.39, 0.29) is 5.97 Å². The highest BCUT2D eigenvalue weighted by atomic mass is 28.3. The lowest BCUT2D eigenvalue weighted by Gasteiger charge is -2.32. The van der Waals surface area contributed by atoms with E-state index in [1.165, 1.54) is 12.3 Å². The van der Waals surface area contributed by atoms with Gasteiger partial charge in [0.1, 0.15) is 0 Å². The van der Waals surface area contributed by atoms with E-state index in [1.807, 2.05) is 12.1 Å². The molecule has 0 aliphatic carbocycles. The summed E-state index contributed by atoms with van der Waals surface area (Å²) in [6, 6.07) is 10.6. The zero-order chi connectivity index (χ0) is 15.0. The Morgan fingerprint density at radius 3 is 2.55 bits per heavy atom. The van der Waals surface area contributed by atoms with Crippen LogP contribution in [0.3, 0.4) is 0 Å². The quantitative estimate of drug-likeness (QED) is 0.314. The number of esters is 1. The van der Waals surface area contributed by atoms with Crippen molar-refractivity contribution in [2.24, 2.45) is 0 Å². The van der Waals surface area contributed by atoms with Gasteiger partial charge in [-0.05, 0) is 18.4 Å². The summed E-state index contributed by atoms with van der Waals surface area (Å²) in [5.41, 5.74) is 0.414. The molecule has 0 spiro atoms. The second kappa shape index (κ2) is 8.05. The molecule has 0 aliphatic rings. The lowest BCUT2D eigenvalue weighted by atomic mass is 10.1. The molecule has 0 N–H and O–H groups in total. The summed E-state index contributed by atoms with van der Waals surface area (Å²) in [6.07, 6.45) is 5.65. The van der Waals surface area contributed by atoms with Crippen LogP contribution in [0.2, 0.25) is 18.6 Å². The molecule has 0 bridgehead atoms. The van der Waals surface area contributed by atoms with Crippen molar-refractivity contribution in [1.29, 1.82) is 0 Å². The average molecular weight is 290 g/mol. The number of rotatable bonds is 8. The largest absolute Gasteiger partial charge is 0.469 e. The lowest BCUT2D eigenvalue weighted by molar-refractivity contribution is -0.140. The molecule has 1 aromatic rings. The Kier molecular flexibility index (Phi) is 6.72. The maximum atomic E-state index is 11.7. The number of carbonyl (C=O) groups excluding carboxylic acids is 1. The van der Waals surface area contributed by atoms with Crippen LogP contribution in [0, 0.1) is 0 Å². The fourth-order valence-electron chi connectivity index (χ4n) is 2.61. The molecule has 20 heavy (non-hydrogen) atoms. The number of allylic oxidation sites excluding steroid dienone is 1. The normalized spacial score (nSPS) is 12.8. The molecule has 0 unspecified atom stereocenters. The number of hydrogen-bond acceptors (Lipinski definition) is 2. The predicted octanol–water partition coefficient (Wildman–Crippen LogP) is 3.89. The Morgan fingerprint density at radius 2 is 2.00 bits per heavy atom. The fraction of sp³-hybridized carbons (Fsp3) is 0.471. The van der Waals surface area contributed by atoms with Crippen molar-refractivity contribution in [3.8, 4) is 0 Å². The minimum atomic E-state index is -1.67. The molecule has 0 heterocycles. The van der Waals surface area contributed by atoms with Gasteiger partial charge >= 0.3 is 5.97 Å². The molecule has 1 atom stereocenters. The third kappa shape index (κ3) is 4.64. The summed E-state index contributed by atoms with van der Waals surface area (Å²) in [7, 11) is -0.201. The summed E-state index contributed by atoms with van der Waals surface area (Å²) >= 11 is 0. The topological polar surface area (TPSA) is 26.3 Å². The highest BCUT2D eigenvalue weighted by Crippen LogP contribution is 2.31. The van der Waals surface area contributed by atoms with Crippen molar-refractivity contribution in [3.63, 3.8) is 0 Å². The molecule has 3 heteroatoms. The van der Waals surface area contributed by atoms with E-state index < -0.39 is 8.07 Å². The first-order valence-corrected chi connectivity index (χ1v) is 10.3. The van der Waals surface area contributed by atoms with Gasteiger partial charge in [-0.1, -0.05) is 61.1 Å². The average Bonchev–Trinajstić information content (AvgIpc) is 2.47. The number of unbranched alkanes of at least 4 members (excludes halogenated alkanes) is 1. The fourth-order valence-corrected chi connectivity index (χ4v) is 5.74. The number of methoxy groups -OCH3 is 1. The van der Waals surface area contributed by atoms with Gasteiger partial charge in [0.05, 0.1) is 15.2 Å². The van der Waals surface area contributed by atoms with E-state index in [0.29, 0.717) is 12.0 Å². The molecule has 110 valence electrons. The molecule has 0 saturated heterocycles. The van der Waals surface area contributed by atoms with Crippen LogP contribution in [-0.4, -0.2) is 21.2 Å². The zero-order valence-corrected chi connectivity index (χ0v) is 13.9. The van der Waals surface area contributed by atoms with Gasteiger partial charge in [-0.3, -0.25) is 4.79 Å². The maximum Gasteiger partial charge on any atom is 0.305 e. The van der Waals surface area contributed by atoms with Crippen LogP contribution in [0.5, 0.6) is 0 Å². The Labute approximate surface area is 123 Å². The van der Waals surface area contributed by atoms with Crippen LogP contribution in [0.15, 0.2) is 43.0 Å². The van der Waals surface area contributed by atoms with Crippen LogP contribution in [0.1, 0.15) is 25.7 Å². The van der Waals surface area contributed by atoms with Crippen molar-refractivity contribution in [2.75, 3.05) is 7.11 Å². The molecule has 0 aromatic heterocycles. The van der Waals surface area contributed by atoms with E-state index in [1.54, 1.807) is 0 Å². The van der Waals surface area contributed by atoms with Gasteiger partial charge in [0, 0.05) is 6.42 Å². The monoisotopic (exact) mass is 290 g/mol. The van der Waals surface area contributed by atoms with Gasteiger partial charge in [0.2, 0.25) is 0 Å². The molecule has 0 saturated carbocycles. The Morgan fingerprint density at radius 1 is 1.35 bits per heavy atom. The van der Waals surface area contributed by atoms with Crippen molar-refractivity contribution in [3.05, 3.63) is 43.0 Å². The van der Waals surface area contributed by atoms with Crippen LogP contribution in [0.4, 0.5) is 0 Å². The van der Waals surface area contributed by atoms with Gasteiger partial charge in [-0.2, -0.15) is 0 Å². The third-order valence-electron chi connectivity index (χ3n) is 4.14. The molecular weight excluding hydrogens is 264 g/mol. The molecular formula is C17H26O2Si. The van der Waals surface area contributed by atoms with Crippen molar-refractivity contribution in [1.82, 2.24) is 0 Å². The van der Waals surface area contributed by atoms with Gasteiger partial charge in [0.25, 0.3) is 0 Å². The maximum absolute atomic E-state index is 11.7. The third-order valence-corrected chi connectivity index (χ3v) is 8.50. The first-order valence-electron chi connectivity index (χ1n) is 7.25. The van der Waals surface area contributed by atoms with E-state index in [0.717, 1.165) is 19.3 Å². The first-order chi connectivity index (χ1) is 9.52. The zero-order valence-electron chi connectivity index (χ0n) is 12.9. The Hall–Kier alpha value is -1.35. The smallest absolute Gasteiger partial charge is 0.305 e. The standard InChI is InChI=1S/C17H26O2Si/c1-5-6-8-13-16(14-17(18)19-2)20(3,4)15-11-9-7-10-12-15/h5,7,9-12,16H,1,6,8,13-14H2,2-4H3/t16-/m0/s1. The molecule has 1 rings (SSSR count).